The Labute approximate surface area is 598 Å². The normalized spacial score (nSPS) is 48.7. The quantitative estimate of drug-likeness (QED) is 0.0420. The lowest BCUT2D eigenvalue weighted by Gasteiger charge is -2.71. The topological polar surface area (TPSA) is 385 Å². The lowest BCUT2D eigenvalue weighted by Crippen LogP contribution is -2.67. The van der Waals surface area contributed by atoms with Crippen molar-refractivity contribution in [1.29, 1.82) is 0 Å². The SMILES string of the molecule is CCC1OC(OC2C(OC3C(OC(=O)C4CC(C)(C)CC5C6=CCC7C8(C)CCC(OC9OC(C(=O)O)C(O)C(O)C9OC9OC(CO)C(O)C(O)C9O)C(C)(C)C8CCC7(C)C6(C)CC(O)C45)OC(C)C(OC(=O)C(C)=C(C)c4ccc(OC)cc4)C3O)OC(C)C(O)C2O)C(C)C(C)C1C. The van der Waals surface area contributed by atoms with E-state index in [2.05, 4.69) is 68.4 Å². The van der Waals surface area contributed by atoms with Crippen molar-refractivity contribution in [2.45, 2.75) is 309 Å². The zero-order valence-electron chi connectivity index (χ0n) is 62.0. The molecule has 5 aliphatic carbocycles. The summed E-state index contributed by atoms with van der Waals surface area (Å²) in [7, 11) is 1.56. The third kappa shape index (κ3) is 14.0. The van der Waals surface area contributed by atoms with Crippen LogP contribution in [0.3, 0.4) is 0 Å². The Hall–Kier alpha value is -3.85. The van der Waals surface area contributed by atoms with Crippen molar-refractivity contribution in [3.63, 3.8) is 0 Å². The number of carboxylic acid groups (broad SMARTS) is 1. The zero-order valence-corrected chi connectivity index (χ0v) is 62.0. The summed E-state index contributed by atoms with van der Waals surface area (Å²) in [4.78, 5) is 42.5. The molecule has 26 nitrogen and oxygen atoms in total. The fourth-order valence-electron chi connectivity index (χ4n) is 20.6. The van der Waals surface area contributed by atoms with E-state index in [4.69, 9.17) is 56.8 Å². The molecule has 11 rings (SSSR count). The van der Waals surface area contributed by atoms with Gasteiger partial charge in [-0.25, -0.2) is 9.59 Å². The maximum Gasteiger partial charge on any atom is 0.335 e. The lowest BCUT2D eigenvalue weighted by molar-refractivity contribution is -0.381. The number of allylic oxidation sites excluding steroid dienone is 3. The Balaban J connectivity index is 0.855. The van der Waals surface area contributed by atoms with Crippen LogP contribution in [0.25, 0.3) is 5.57 Å². The van der Waals surface area contributed by atoms with Gasteiger partial charge in [0.25, 0.3) is 0 Å². The molecule has 35 atom stereocenters. The van der Waals surface area contributed by atoms with E-state index >= 15 is 4.79 Å². The van der Waals surface area contributed by atoms with Crippen molar-refractivity contribution < 1.29 is 127 Å². The van der Waals surface area contributed by atoms with Crippen LogP contribution in [0.4, 0.5) is 0 Å². The van der Waals surface area contributed by atoms with Crippen LogP contribution in [0.2, 0.25) is 0 Å². The Morgan fingerprint density at radius 3 is 1.82 bits per heavy atom. The molecule has 10 aliphatic rings. The highest BCUT2D eigenvalue weighted by atomic mass is 16.8. The Morgan fingerprint density at radius 1 is 0.578 bits per heavy atom. The van der Waals surface area contributed by atoms with E-state index in [1.54, 1.807) is 46.9 Å². The number of methoxy groups -OCH3 is 1. The summed E-state index contributed by atoms with van der Waals surface area (Å²) < 4.78 is 75.3. The number of carbonyl (C=O) groups excluding carboxylic acids is 2. The predicted molar refractivity (Wildman–Crippen MR) is 362 cm³/mol. The molecule has 576 valence electrons. The Morgan fingerprint density at radius 2 is 1.19 bits per heavy atom. The maximum atomic E-state index is 15.7. The minimum atomic E-state index is -2.02. The standard InChI is InChI=1S/C76H116O26/c1-17-45-34(4)32(2)36(6)67(94-45)99-61-54(82)51(79)37(7)92-69(61)101-63-58(86)59(97-65(89)35(5)33(3)39-18-20-40(91-16)21-19-39)38(8)93-70(63)102-66(90)42-29-72(9,10)28-41-43-22-23-48-74(13)26-25-49(73(11,12)47(74)24-27-75(48,14)76(43,15)30-44(78)50(41)42)96-71-62(56(84)55(83)60(98-71)64(87)88)100-68-57(85)53(81)52(80)46(31-77)95-68/h18-22,32,34,36-38,41-42,44-63,67-71,77-86H,17,23-31H2,1-16H3,(H,87,88). The summed E-state index contributed by atoms with van der Waals surface area (Å²) in [6.45, 7) is 29.3. The van der Waals surface area contributed by atoms with Crippen LogP contribution < -0.4 is 4.74 Å². The summed E-state index contributed by atoms with van der Waals surface area (Å²) in [5, 5.41) is 124. The summed E-state index contributed by atoms with van der Waals surface area (Å²) in [6, 6.07) is 7.16. The molecule has 0 radical (unpaired) electrons. The molecule has 1 aromatic rings. The predicted octanol–water partition coefficient (Wildman–Crippen LogP) is 5.06. The molecule has 1 aromatic carbocycles. The molecule has 0 aromatic heterocycles. The number of esters is 2. The molecule has 26 heteroatoms. The summed E-state index contributed by atoms with van der Waals surface area (Å²) in [6.07, 6.45) is -27.8. The number of carboxylic acids is 1. The number of aliphatic carboxylic acids is 1. The molecular weight excluding hydrogens is 1330 g/mol. The van der Waals surface area contributed by atoms with Crippen LogP contribution in [0.5, 0.6) is 5.75 Å². The largest absolute Gasteiger partial charge is 0.497 e. The third-order valence-electron chi connectivity index (χ3n) is 27.3. The van der Waals surface area contributed by atoms with Crippen molar-refractivity contribution in [2.24, 2.45) is 74.4 Å². The van der Waals surface area contributed by atoms with Gasteiger partial charge in [0.15, 0.2) is 43.5 Å². The second-order valence-corrected chi connectivity index (χ2v) is 33.9. The molecule has 5 heterocycles. The van der Waals surface area contributed by atoms with Gasteiger partial charge in [-0.1, -0.05) is 99.9 Å². The summed E-state index contributed by atoms with van der Waals surface area (Å²) in [5.74, 6) is -4.05. The van der Waals surface area contributed by atoms with E-state index in [9.17, 15) is 65.8 Å². The molecule has 5 saturated heterocycles. The molecule has 0 bridgehead atoms. The number of fused-ring (bicyclic) bond motifs is 7. The molecule has 11 N–H and O–H groups in total. The number of hydrogen-bond donors (Lipinski definition) is 11. The Bertz CT molecular complexity index is 3190. The van der Waals surface area contributed by atoms with Gasteiger partial charge in [-0.15, -0.1) is 0 Å². The van der Waals surface area contributed by atoms with E-state index in [1.165, 1.54) is 5.57 Å². The number of hydrogen-bond acceptors (Lipinski definition) is 25. The van der Waals surface area contributed by atoms with Crippen molar-refractivity contribution >= 4 is 23.5 Å². The molecular formula is C76H116O26. The van der Waals surface area contributed by atoms with Crippen LogP contribution in [0.15, 0.2) is 41.5 Å². The molecule has 5 aliphatic heterocycles. The van der Waals surface area contributed by atoms with Crippen LogP contribution in [0.1, 0.15) is 167 Å². The summed E-state index contributed by atoms with van der Waals surface area (Å²) in [5.41, 5.74) is 0.307. The first kappa shape index (κ1) is 79.2. The smallest absolute Gasteiger partial charge is 0.335 e. The van der Waals surface area contributed by atoms with Gasteiger partial charge < -0.3 is 113 Å². The average molecular weight is 1450 g/mol. The molecule has 102 heavy (non-hydrogen) atoms. The summed E-state index contributed by atoms with van der Waals surface area (Å²) >= 11 is 0. The molecule has 35 unspecified atom stereocenters. The maximum absolute atomic E-state index is 15.7. The van der Waals surface area contributed by atoms with Crippen LogP contribution >= 0.6 is 0 Å². The minimum absolute atomic E-state index is 0.0127. The highest BCUT2D eigenvalue weighted by molar-refractivity contribution is 5.96. The number of benzene rings is 1. The minimum Gasteiger partial charge on any atom is -0.497 e. The van der Waals surface area contributed by atoms with Gasteiger partial charge in [-0.3, -0.25) is 4.79 Å². The van der Waals surface area contributed by atoms with Crippen molar-refractivity contribution in [3.05, 3.63) is 47.1 Å². The zero-order chi connectivity index (χ0) is 74.7. The highest BCUT2D eigenvalue weighted by Gasteiger charge is 2.70. The van der Waals surface area contributed by atoms with Gasteiger partial charge in [0.1, 0.15) is 72.9 Å². The first-order chi connectivity index (χ1) is 47.8. The first-order valence-electron chi connectivity index (χ1n) is 37.1. The second-order valence-electron chi connectivity index (χ2n) is 33.9. The highest BCUT2D eigenvalue weighted by Crippen LogP contribution is 2.75. The van der Waals surface area contributed by atoms with Crippen molar-refractivity contribution in [2.75, 3.05) is 13.7 Å². The lowest BCUT2D eigenvalue weighted by atomic mass is 9.34. The number of ether oxygens (including phenoxy) is 12. The van der Waals surface area contributed by atoms with Gasteiger partial charge >= 0.3 is 17.9 Å². The number of aliphatic hydroxyl groups is 10. The number of carbonyl (C=O) groups is 3. The van der Waals surface area contributed by atoms with Crippen LogP contribution in [0, 0.1) is 74.4 Å². The fourth-order valence-corrected chi connectivity index (χ4v) is 20.6. The van der Waals surface area contributed by atoms with Gasteiger partial charge in [0.05, 0.1) is 50.2 Å². The molecule has 9 fully saturated rings. The Kier molecular flexibility index (Phi) is 23.3. The number of rotatable bonds is 17. The molecule has 4 saturated carbocycles. The molecule has 0 spiro atoms. The van der Waals surface area contributed by atoms with Crippen LogP contribution in [-0.2, 0) is 66.5 Å². The van der Waals surface area contributed by atoms with E-state index in [1.807, 2.05) is 26.0 Å². The van der Waals surface area contributed by atoms with Crippen LogP contribution in [-0.4, -0.2) is 235 Å². The third-order valence-corrected chi connectivity index (χ3v) is 27.3. The van der Waals surface area contributed by atoms with Crippen molar-refractivity contribution in [1.82, 2.24) is 0 Å². The van der Waals surface area contributed by atoms with E-state index in [0.29, 0.717) is 56.3 Å². The van der Waals surface area contributed by atoms with E-state index in [0.717, 1.165) is 18.4 Å². The first-order valence-corrected chi connectivity index (χ1v) is 37.1. The van der Waals surface area contributed by atoms with E-state index in [-0.39, 0.29) is 52.6 Å². The van der Waals surface area contributed by atoms with Gasteiger partial charge in [0, 0.05) is 17.4 Å². The van der Waals surface area contributed by atoms with Gasteiger partial charge in [0.2, 0.25) is 6.29 Å². The number of aliphatic hydroxyl groups excluding tert-OH is 10. The van der Waals surface area contributed by atoms with E-state index < -0.39 is 199 Å². The monoisotopic (exact) mass is 1440 g/mol. The van der Waals surface area contributed by atoms with Gasteiger partial charge in [-0.05, 0) is 165 Å². The van der Waals surface area contributed by atoms with Crippen molar-refractivity contribution in [3.8, 4) is 5.75 Å². The molecule has 0 amide bonds. The van der Waals surface area contributed by atoms with Gasteiger partial charge in [-0.2, -0.15) is 0 Å². The second kappa shape index (κ2) is 30.0. The fraction of sp³-hybridized carbons (Fsp3) is 0.829. The average Bonchev–Trinajstić information content (AvgIpc) is 0.677.